The number of carbonyl (C=O) groups excluding carboxylic acids is 1. The van der Waals surface area contributed by atoms with Crippen molar-refractivity contribution >= 4 is 23.2 Å². The lowest BCUT2D eigenvalue weighted by molar-refractivity contribution is -0.143. The number of aromatic nitrogens is 2. The number of hydrogen-bond donors (Lipinski definition) is 2. The van der Waals surface area contributed by atoms with Crippen LogP contribution in [0.1, 0.15) is 50.8 Å². The zero-order chi connectivity index (χ0) is 18.4. The Kier molecular flexibility index (Phi) is 6.38. The van der Waals surface area contributed by atoms with Gasteiger partial charge < -0.3 is 14.9 Å². The molecule has 0 saturated heterocycles. The fraction of sp³-hybridized carbons (Fsp3) is 0.556. The highest BCUT2D eigenvalue weighted by Crippen LogP contribution is 2.24. The van der Waals surface area contributed by atoms with Crippen LogP contribution in [0.3, 0.4) is 0 Å². The number of carboxylic acids is 1. The van der Waals surface area contributed by atoms with Gasteiger partial charge in [-0.25, -0.2) is 0 Å². The van der Waals surface area contributed by atoms with Gasteiger partial charge >= 0.3 is 5.97 Å². The quantitative estimate of drug-likeness (QED) is 0.800. The maximum atomic E-state index is 12.3. The molecular formula is C18H23N3O4S. The number of rotatable bonds is 6. The molecule has 2 atom stereocenters. The minimum atomic E-state index is -0.824. The highest BCUT2D eigenvalue weighted by Gasteiger charge is 2.29. The van der Waals surface area contributed by atoms with Crippen LogP contribution < -0.4 is 5.32 Å². The third kappa shape index (κ3) is 4.91. The molecule has 2 unspecified atom stereocenters. The second kappa shape index (κ2) is 8.93. The maximum absolute atomic E-state index is 12.3. The molecule has 1 saturated carbocycles. The Bertz CT molecular complexity index is 729. The largest absolute Gasteiger partial charge is 0.481 e. The minimum absolute atomic E-state index is 0.169. The van der Waals surface area contributed by atoms with Crippen molar-refractivity contribution in [2.45, 2.75) is 57.4 Å². The molecule has 2 aromatic rings. The van der Waals surface area contributed by atoms with Crippen molar-refractivity contribution in [1.29, 1.82) is 0 Å². The molecule has 2 heterocycles. The molecular weight excluding hydrogens is 354 g/mol. The van der Waals surface area contributed by atoms with Gasteiger partial charge in [-0.2, -0.15) is 4.98 Å². The Morgan fingerprint density at radius 3 is 2.81 bits per heavy atom. The normalized spacial score (nSPS) is 20.9. The van der Waals surface area contributed by atoms with E-state index in [2.05, 4.69) is 15.5 Å². The van der Waals surface area contributed by atoms with E-state index in [-0.39, 0.29) is 18.4 Å². The van der Waals surface area contributed by atoms with Gasteiger partial charge in [0.15, 0.2) is 0 Å². The van der Waals surface area contributed by atoms with E-state index in [9.17, 15) is 14.7 Å². The minimum Gasteiger partial charge on any atom is -0.481 e. The molecule has 0 aliphatic heterocycles. The number of nitrogens with zero attached hydrogens (tertiary/aromatic N) is 2. The molecule has 0 bridgehead atoms. The van der Waals surface area contributed by atoms with E-state index in [1.807, 2.05) is 17.5 Å². The summed E-state index contributed by atoms with van der Waals surface area (Å²) < 4.78 is 5.20. The summed E-state index contributed by atoms with van der Waals surface area (Å²) in [5.41, 5.74) is 0. The van der Waals surface area contributed by atoms with Crippen molar-refractivity contribution in [2.24, 2.45) is 5.92 Å². The number of carbonyl (C=O) groups is 2. The third-order valence-corrected chi connectivity index (χ3v) is 5.57. The van der Waals surface area contributed by atoms with Crippen LogP contribution >= 0.6 is 11.3 Å². The molecule has 1 fully saturated rings. The molecule has 2 aromatic heterocycles. The Labute approximate surface area is 155 Å². The predicted molar refractivity (Wildman–Crippen MR) is 96.7 cm³/mol. The van der Waals surface area contributed by atoms with Gasteiger partial charge in [0.2, 0.25) is 17.6 Å². The van der Waals surface area contributed by atoms with E-state index in [4.69, 9.17) is 4.52 Å². The van der Waals surface area contributed by atoms with Gasteiger partial charge in [0.25, 0.3) is 0 Å². The molecule has 140 valence electrons. The van der Waals surface area contributed by atoms with Crippen LogP contribution in [0, 0.1) is 5.92 Å². The highest BCUT2D eigenvalue weighted by molar-refractivity contribution is 7.13. The van der Waals surface area contributed by atoms with Crippen LogP contribution in [0.15, 0.2) is 22.0 Å². The summed E-state index contributed by atoms with van der Waals surface area (Å²) in [5, 5.41) is 18.2. The second-order valence-corrected chi connectivity index (χ2v) is 7.55. The number of nitrogens with one attached hydrogen (secondary N) is 1. The first kappa shape index (κ1) is 18.6. The Morgan fingerprint density at radius 1 is 1.27 bits per heavy atom. The van der Waals surface area contributed by atoms with Gasteiger partial charge in [-0.1, -0.05) is 36.9 Å². The zero-order valence-electron chi connectivity index (χ0n) is 14.5. The molecule has 0 aromatic carbocycles. The molecule has 8 heteroatoms. The van der Waals surface area contributed by atoms with Crippen molar-refractivity contribution in [3.63, 3.8) is 0 Å². The number of amides is 1. The highest BCUT2D eigenvalue weighted by atomic mass is 32.1. The Balaban J connectivity index is 1.53. The fourth-order valence-electron chi connectivity index (χ4n) is 3.31. The standard InChI is InChI=1S/C18H23N3O4S/c22-15(19-13-7-4-2-1-3-6-12(13)18(23)24)9-10-16-20-17(21-25-16)14-8-5-11-26-14/h5,8,11-13H,1-4,6-7,9-10H2,(H,19,22)(H,23,24). The van der Waals surface area contributed by atoms with Crippen molar-refractivity contribution in [2.75, 3.05) is 0 Å². The van der Waals surface area contributed by atoms with Crippen molar-refractivity contribution in [1.82, 2.24) is 15.5 Å². The maximum Gasteiger partial charge on any atom is 0.308 e. The van der Waals surface area contributed by atoms with Crippen molar-refractivity contribution in [3.8, 4) is 10.7 Å². The van der Waals surface area contributed by atoms with Gasteiger partial charge in [-0.05, 0) is 24.3 Å². The first-order chi connectivity index (χ1) is 12.6. The lowest BCUT2D eigenvalue weighted by Crippen LogP contribution is -2.44. The summed E-state index contributed by atoms with van der Waals surface area (Å²) in [7, 11) is 0. The average molecular weight is 377 g/mol. The first-order valence-electron chi connectivity index (χ1n) is 9.02. The van der Waals surface area contributed by atoms with Gasteiger partial charge in [-0.15, -0.1) is 11.3 Å². The lowest BCUT2D eigenvalue weighted by atomic mass is 9.86. The van der Waals surface area contributed by atoms with E-state index >= 15 is 0 Å². The number of aryl methyl sites for hydroxylation is 1. The first-order valence-corrected chi connectivity index (χ1v) is 9.90. The second-order valence-electron chi connectivity index (χ2n) is 6.60. The summed E-state index contributed by atoms with van der Waals surface area (Å²) in [6, 6.07) is 3.52. The molecule has 1 aliphatic rings. The summed E-state index contributed by atoms with van der Waals surface area (Å²) in [4.78, 5) is 29.0. The monoisotopic (exact) mass is 377 g/mol. The van der Waals surface area contributed by atoms with Crippen molar-refractivity contribution < 1.29 is 19.2 Å². The van der Waals surface area contributed by atoms with Crippen LogP contribution in [0.5, 0.6) is 0 Å². The van der Waals surface area contributed by atoms with Crippen molar-refractivity contribution in [3.05, 3.63) is 23.4 Å². The van der Waals surface area contributed by atoms with E-state index in [1.54, 1.807) is 0 Å². The van der Waals surface area contributed by atoms with Crippen LogP contribution in [0.4, 0.5) is 0 Å². The molecule has 2 N–H and O–H groups in total. The smallest absolute Gasteiger partial charge is 0.308 e. The molecule has 0 radical (unpaired) electrons. The topological polar surface area (TPSA) is 105 Å². The van der Waals surface area contributed by atoms with Gasteiger partial charge in [0.05, 0.1) is 10.8 Å². The van der Waals surface area contributed by atoms with Crippen LogP contribution in [0.2, 0.25) is 0 Å². The summed E-state index contributed by atoms with van der Waals surface area (Å²) in [6.45, 7) is 0. The molecule has 1 aliphatic carbocycles. The third-order valence-electron chi connectivity index (χ3n) is 4.71. The van der Waals surface area contributed by atoms with Gasteiger partial charge in [-0.3, -0.25) is 9.59 Å². The van der Waals surface area contributed by atoms with E-state index < -0.39 is 11.9 Å². The zero-order valence-corrected chi connectivity index (χ0v) is 15.3. The summed E-state index contributed by atoms with van der Waals surface area (Å²) >= 11 is 1.52. The molecule has 3 rings (SSSR count). The Morgan fingerprint density at radius 2 is 2.08 bits per heavy atom. The molecule has 26 heavy (non-hydrogen) atoms. The number of thiophene rings is 1. The van der Waals surface area contributed by atoms with Crippen LogP contribution in [-0.2, 0) is 16.0 Å². The van der Waals surface area contributed by atoms with Crippen LogP contribution in [-0.4, -0.2) is 33.2 Å². The fourth-order valence-corrected chi connectivity index (χ4v) is 3.96. The lowest BCUT2D eigenvalue weighted by Gasteiger charge is -2.27. The molecule has 7 nitrogen and oxygen atoms in total. The molecule has 1 amide bonds. The number of aliphatic carboxylic acids is 1. The number of hydrogen-bond acceptors (Lipinski definition) is 6. The van der Waals surface area contributed by atoms with Crippen LogP contribution in [0.25, 0.3) is 10.7 Å². The summed E-state index contributed by atoms with van der Waals surface area (Å²) in [6.07, 6.45) is 5.88. The van der Waals surface area contributed by atoms with E-state index in [0.717, 1.165) is 30.6 Å². The SMILES string of the molecule is O=C(CCc1nc(-c2cccs2)no1)NC1CCCCCCC1C(=O)O. The van der Waals surface area contributed by atoms with Gasteiger partial charge in [0, 0.05) is 18.9 Å². The van der Waals surface area contributed by atoms with Gasteiger partial charge in [0.1, 0.15) is 0 Å². The van der Waals surface area contributed by atoms with E-state index in [0.29, 0.717) is 31.0 Å². The Hall–Kier alpha value is -2.22. The van der Waals surface area contributed by atoms with E-state index in [1.165, 1.54) is 11.3 Å². The summed E-state index contributed by atoms with van der Waals surface area (Å²) in [5.74, 6) is -0.558. The number of carboxylic acid groups (broad SMARTS) is 1. The predicted octanol–water partition coefficient (Wildman–Crippen LogP) is 3.27. The molecule has 0 spiro atoms. The average Bonchev–Trinajstić information content (AvgIpc) is 3.26.